The zero-order chi connectivity index (χ0) is 29.6. The van der Waals surface area contributed by atoms with Crippen LogP contribution in [0.5, 0.6) is 0 Å². The van der Waals surface area contributed by atoms with Gasteiger partial charge < -0.3 is 5.32 Å². The molecule has 1 amide bonds. The van der Waals surface area contributed by atoms with Crippen LogP contribution in [0.3, 0.4) is 0 Å². The Morgan fingerprint density at radius 2 is 1.69 bits per heavy atom. The fourth-order valence-electron chi connectivity index (χ4n) is 4.48. The van der Waals surface area contributed by atoms with Gasteiger partial charge in [-0.25, -0.2) is 0 Å². The molecular weight excluding hydrogens is 593 g/mol. The number of non-ortho nitro benzene ring substituents is 1. The van der Waals surface area contributed by atoms with Gasteiger partial charge in [-0.2, -0.15) is 0 Å². The molecule has 1 aromatic heterocycles. The molecule has 5 rings (SSSR count). The van der Waals surface area contributed by atoms with Crippen LogP contribution in [0.25, 0.3) is 5.69 Å². The van der Waals surface area contributed by atoms with Crippen molar-refractivity contribution in [3.8, 4) is 5.69 Å². The molecular formula is C31H25Cl2N5O3S. The van der Waals surface area contributed by atoms with Crippen LogP contribution in [0.15, 0.2) is 102 Å². The first kappa shape index (κ1) is 29.3. The zero-order valence-electron chi connectivity index (χ0n) is 22.4. The summed E-state index contributed by atoms with van der Waals surface area (Å²) in [6.07, 6.45) is 0.408. The van der Waals surface area contributed by atoms with E-state index in [0.717, 1.165) is 16.7 Å². The van der Waals surface area contributed by atoms with Gasteiger partial charge in [-0.3, -0.25) is 19.5 Å². The maximum absolute atomic E-state index is 13.5. The van der Waals surface area contributed by atoms with Crippen LogP contribution in [0, 0.1) is 17.0 Å². The topological polar surface area (TPSA) is 103 Å². The van der Waals surface area contributed by atoms with Crippen LogP contribution >= 0.6 is 35.0 Å². The second kappa shape index (κ2) is 13.2. The van der Waals surface area contributed by atoms with E-state index in [1.807, 2.05) is 60.0 Å². The van der Waals surface area contributed by atoms with Crippen molar-refractivity contribution < 1.29 is 9.72 Å². The number of aryl methyl sites for hydroxylation is 1. The lowest BCUT2D eigenvalue weighted by molar-refractivity contribution is -0.384. The normalized spacial score (nSPS) is 11.7. The Bertz CT molecular complexity index is 1730. The van der Waals surface area contributed by atoms with Gasteiger partial charge in [0.25, 0.3) is 11.6 Å². The van der Waals surface area contributed by atoms with Crippen molar-refractivity contribution in [3.63, 3.8) is 0 Å². The fraction of sp³-hybridized carbons (Fsp3) is 0.129. The summed E-state index contributed by atoms with van der Waals surface area (Å²) in [5.74, 6) is 0.700. The van der Waals surface area contributed by atoms with E-state index in [1.54, 1.807) is 24.3 Å². The molecule has 0 saturated carbocycles. The quantitative estimate of drug-likeness (QED) is 0.0974. The standard InChI is InChI=1S/C31H25Cl2N5O3S/c1-20-6-5-9-22(16-20)19-42-31-36-35-29(37(31)24-11-13-25(14-12-24)38(40)41)28(17-21-7-3-2-4-8-21)34-30(39)26-15-10-23(32)18-27(26)33/h2-16,18,28H,17,19H2,1H3,(H,34,39)/t28-/m1/s1. The first-order chi connectivity index (χ1) is 20.3. The number of carbonyl (C=O) groups is 1. The van der Waals surface area contributed by atoms with E-state index in [-0.39, 0.29) is 16.3 Å². The number of carbonyl (C=O) groups excluding carboxylic acids is 1. The number of nitro benzene ring substituents is 1. The third-order valence-electron chi connectivity index (χ3n) is 6.50. The molecule has 8 nitrogen and oxygen atoms in total. The van der Waals surface area contributed by atoms with Crippen molar-refractivity contribution in [2.75, 3.05) is 0 Å². The van der Waals surface area contributed by atoms with Crippen LogP contribution in [0.4, 0.5) is 5.69 Å². The second-order valence-electron chi connectivity index (χ2n) is 9.57. The summed E-state index contributed by atoms with van der Waals surface area (Å²) in [7, 11) is 0. The predicted molar refractivity (Wildman–Crippen MR) is 166 cm³/mol. The van der Waals surface area contributed by atoms with E-state index >= 15 is 0 Å². The lowest BCUT2D eigenvalue weighted by Crippen LogP contribution is -2.32. The average molecular weight is 619 g/mol. The van der Waals surface area contributed by atoms with Crippen molar-refractivity contribution in [3.05, 3.63) is 145 Å². The second-order valence-corrected chi connectivity index (χ2v) is 11.4. The SMILES string of the molecule is Cc1cccc(CSc2nnc([C@@H](Cc3ccccc3)NC(=O)c3ccc(Cl)cc3Cl)n2-c2ccc([N+](=O)[O-])cc2)c1. The Balaban J connectivity index is 1.56. The van der Waals surface area contributed by atoms with Gasteiger partial charge in [-0.1, -0.05) is 95.1 Å². The first-order valence-corrected chi connectivity index (χ1v) is 14.7. The lowest BCUT2D eigenvalue weighted by atomic mass is 10.0. The van der Waals surface area contributed by atoms with E-state index < -0.39 is 16.9 Å². The lowest BCUT2D eigenvalue weighted by Gasteiger charge is -2.21. The molecule has 0 fully saturated rings. The molecule has 0 aliphatic heterocycles. The highest BCUT2D eigenvalue weighted by Crippen LogP contribution is 2.31. The van der Waals surface area contributed by atoms with Gasteiger partial charge in [0.2, 0.25) is 0 Å². The van der Waals surface area contributed by atoms with Crippen LogP contribution in [0.1, 0.15) is 38.9 Å². The molecule has 1 atom stereocenters. The fourth-order valence-corrected chi connectivity index (χ4v) is 5.88. The summed E-state index contributed by atoms with van der Waals surface area (Å²) >= 11 is 13.9. The van der Waals surface area contributed by atoms with Gasteiger partial charge in [-0.15, -0.1) is 10.2 Å². The van der Waals surface area contributed by atoms with E-state index in [1.165, 1.54) is 30.0 Å². The molecule has 0 saturated heterocycles. The Kier molecular flexibility index (Phi) is 9.22. The van der Waals surface area contributed by atoms with E-state index in [9.17, 15) is 14.9 Å². The van der Waals surface area contributed by atoms with Crippen molar-refractivity contribution in [2.45, 2.75) is 30.3 Å². The highest BCUT2D eigenvalue weighted by molar-refractivity contribution is 7.98. The Hall–Kier alpha value is -4.18. The minimum atomic E-state index is -0.623. The van der Waals surface area contributed by atoms with Gasteiger partial charge in [-0.05, 0) is 54.8 Å². The molecule has 4 aromatic carbocycles. The number of hydrogen-bond acceptors (Lipinski definition) is 6. The number of halogens is 2. The maximum Gasteiger partial charge on any atom is 0.269 e. The Morgan fingerprint density at radius 3 is 2.38 bits per heavy atom. The van der Waals surface area contributed by atoms with Crippen molar-refractivity contribution in [2.24, 2.45) is 0 Å². The summed E-state index contributed by atoms with van der Waals surface area (Å²) in [4.78, 5) is 24.4. The highest BCUT2D eigenvalue weighted by atomic mass is 35.5. The van der Waals surface area contributed by atoms with Crippen LogP contribution < -0.4 is 5.32 Å². The third kappa shape index (κ3) is 6.99. The molecule has 11 heteroatoms. The molecule has 0 aliphatic rings. The summed E-state index contributed by atoms with van der Waals surface area (Å²) in [5, 5.41) is 24.7. The van der Waals surface area contributed by atoms with Crippen molar-refractivity contribution in [1.82, 2.24) is 20.1 Å². The number of hydrogen-bond donors (Lipinski definition) is 1. The minimum Gasteiger partial charge on any atom is -0.342 e. The first-order valence-electron chi connectivity index (χ1n) is 13.0. The number of nitrogens with one attached hydrogen (secondary N) is 1. The van der Waals surface area contributed by atoms with Gasteiger partial charge >= 0.3 is 0 Å². The van der Waals surface area contributed by atoms with E-state index in [4.69, 9.17) is 23.2 Å². The molecule has 1 heterocycles. The molecule has 0 unspecified atom stereocenters. The minimum absolute atomic E-state index is 0.0335. The Morgan fingerprint density at radius 1 is 0.952 bits per heavy atom. The number of rotatable bonds is 10. The van der Waals surface area contributed by atoms with Gasteiger partial charge in [0.15, 0.2) is 11.0 Å². The van der Waals surface area contributed by atoms with Gasteiger partial charge in [0.1, 0.15) is 0 Å². The summed E-state index contributed by atoms with van der Waals surface area (Å²) in [6.45, 7) is 2.04. The molecule has 5 aromatic rings. The molecule has 0 spiro atoms. The summed E-state index contributed by atoms with van der Waals surface area (Å²) in [6, 6.07) is 28.1. The number of thioether (sulfide) groups is 1. The van der Waals surface area contributed by atoms with Crippen molar-refractivity contribution in [1.29, 1.82) is 0 Å². The number of amides is 1. The molecule has 212 valence electrons. The van der Waals surface area contributed by atoms with E-state index in [2.05, 4.69) is 21.6 Å². The largest absolute Gasteiger partial charge is 0.342 e. The maximum atomic E-state index is 13.5. The Labute approximate surface area is 256 Å². The number of benzene rings is 4. The monoisotopic (exact) mass is 617 g/mol. The predicted octanol–water partition coefficient (Wildman–Crippen LogP) is 7.80. The van der Waals surface area contributed by atoms with Crippen LogP contribution in [-0.4, -0.2) is 25.6 Å². The summed E-state index contributed by atoms with van der Waals surface area (Å²) < 4.78 is 1.83. The smallest absolute Gasteiger partial charge is 0.269 e. The molecule has 1 N–H and O–H groups in total. The van der Waals surface area contributed by atoms with Crippen LogP contribution in [-0.2, 0) is 12.2 Å². The average Bonchev–Trinajstić information content (AvgIpc) is 3.40. The van der Waals surface area contributed by atoms with Gasteiger partial charge in [0.05, 0.1) is 21.6 Å². The molecule has 0 bridgehead atoms. The zero-order valence-corrected chi connectivity index (χ0v) is 24.7. The molecule has 0 radical (unpaired) electrons. The van der Waals surface area contributed by atoms with Crippen molar-refractivity contribution >= 4 is 46.6 Å². The van der Waals surface area contributed by atoms with Crippen LogP contribution in [0.2, 0.25) is 10.0 Å². The molecule has 0 aliphatic carbocycles. The highest BCUT2D eigenvalue weighted by Gasteiger charge is 2.26. The van der Waals surface area contributed by atoms with Gasteiger partial charge in [0, 0.05) is 28.6 Å². The third-order valence-corrected chi connectivity index (χ3v) is 8.05. The summed E-state index contributed by atoms with van der Waals surface area (Å²) in [5.41, 5.74) is 4.10. The number of aromatic nitrogens is 3. The molecule has 42 heavy (non-hydrogen) atoms. The number of nitro groups is 1. The number of nitrogens with zero attached hydrogens (tertiary/aromatic N) is 4. The van der Waals surface area contributed by atoms with E-state index in [0.29, 0.717) is 33.9 Å².